The van der Waals surface area contributed by atoms with E-state index in [-0.39, 0.29) is 25.9 Å². The van der Waals surface area contributed by atoms with Crippen LogP contribution in [-0.2, 0) is 23.9 Å². The lowest BCUT2D eigenvalue weighted by Crippen LogP contribution is -2.21. The van der Waals surface area contributed by atoms with Gasteiger partial charge in [-0.15, -0.1) is 0 Å². The Labute approximate surface area is 374 Å². The molecule has 18 nitrogen and oxygen atoms in total. The summed E-state index contributed by atoms with van der Waals surface area (Å²) in [5, 5.41) is 7.34. The smallest absolute Gasteiger partial charge is 0.334 e. The normalized spacial score (nSPS) is 15.6. The molecule has 0 atom stereocenters. The topological polar surface area (TPSA) is 222 Å². The van der Waals surface area contributed by atoms with Crippen LogP contribution in [0.25, 0.3) is 0 Å². The molecule has 7 rings (SSSR count). The standard InChI is InChI=1S/C7H11NO.2C6H10N2O.C6H10N2S.C6H10N2.C6H9NO2.C5H9N3.CH4/c1-5(2)7-8-4-6(3)9-7;3*1-4(2)6-7-5(3)9-8-6;1-5(2)6-3-7-4-8-6;1-4(2)6-7-3-5(8)9-6;1-4(2)5-6-3-7-8-5;/h5H,3-4H2,1-2H3;3*4H,3H2,1-2H3,(H,7,8);3-5H,1-2H3,(H,7,8);4H,3H2,1-2H3;3-4H,1-2H3,(H,6,7,8);1H4. The van der Waals surface area contributed by atoms with E-state index in [0.717, 1.165) is 40.0 Å². The molecule has 0 amide bonds. The second-order valence-electron chi connectivity index (χ2n) is 15.7. The number of aromatic amines is 2. The number of nitrogens with zero attached hydrogens (tertiary/aromatic N) is 8. The molecule has 0 aromatic carbocycles. The zero-order chi connectivity index (χ0) is 46.2. The third-order valence-corrected chi connectivity index (χ3v) is 8.19. The quantitative estimate of drug-likeness (QED) is 0.130. The van der Waals surface area contributed by atoms with Gasteiger partial charge in [-0.1, -0.05) is 118 Å². The van der Waals surface area contributed by atoms with Crippen LogP contribution in [0.1, 0.15) is 128 Å². The van der Waals surface area contributed by atoms with E-state index >= 15 is 0 Å². The number of hydroxylamine groups is 2. The minimum atomic E-state index is -0.237. The van der Waals surface area contributed by atoms with Crippen LogP contribution in [0.4, 0.5) is 0 Å². The summed E-state index contributed by atoms with van der Waals surface area (Å²) in [7, 11) is 0. The number of aliphatic imine (C=N–C) groups is 5. The van der Waals surface area contributed by atoms with Crippen molar-refractivity contribution in [3.63, 3.8) is 0 Å². The zero-order valence-electron chi connectivity index (χ0n) is 38.5. The van der Waals surface area contributed by atoms with Gasteiger partial charge in [-0.05, 0) is 19.1 Å². The summed E-state index contributed by atoms with van der Waals surface area (Å²) in [6.07, 6.45) is 5.08. The lowest BCUT2D eigenvalue weighted by molar-refractivity contribution is -0.132. The number of esters is 1. The number of nitrogens with one attached hydrogen (secondary N) is 5. The van der Waals surface area contributed by atoms with Crippen molar-refractivity contribution < 1.29 is 23.9 Å². The molecule has 5 aliphatic heterocycles. The largest absolute Gasteiger partial charge is 0.446 e. The number of carbonyl (C=O) groups is 1. The summed E-state index contributed by atoms with van der Waals surface area (Å²) < 4.78 is 13.0. The molecule has 0 unspecified atom stereocenters. The number of hydrogen-bond acceptors (Lipinski definition) is 17. The minimum absolute atomic E-state index is 0. The molecule has 5 N–H and O–H groups in total. The molecule has 0 radical (unpaired) electrons. The molecule has 19 heteroatoms. The van der Waals surface area contributed by atoms with Crippen molar-refractivity contribution in [1.29, 1.82) is 0 Å². The van der Waals surface area contributed by atoms with Crippen molar-refractivity contribution in [2.45, 2.75) is 116 Å². The van der Waals surface area contributed by atoms with Crippen molar-refractivity contribution in [3.05, 3.63) is 79.2 Å². The highest BCUT2D eigenvalue weighted by atomic mass is 32.2. The van der Waals surface area contributed by atoms with Crippen LogP contribution in [0.15, 0.2) is 92.7 Å². The monoisotopic (exact) mass is 884 g/mol. The molecule has 0 saturated carbocycles. The Morgan fingerprint density at radius 3 is 1.35 bits per heavy atom. The average Bonchev–Trinajstić information content (AvgIpc) is 4.04. The molecule has 0 saturated heterocycles. The molecular weight excluding hydrogens is 811 g/mol. The van der Waals surface area contributed by atoms with Crippen molar-refractivity contribution >= 4 is 47.2 Å². The molecule has 5 aliphatic rings. The Morgan fingerprint density at radius 1 is 0.645 bits per heavy atom. The molecular formula is C43H73N13O5S. The van der Waals surface area contributed by atoms with Gasteiger partial charge >= 0.3 is 5.97 Å². The average molecular weight is 884 g/mol. The molecule has 0 bridgehead atoms. The number of aromatic nitrogens is 5. The van der Waals surface area contributed by atoms with Crippen molar-refractivity contribution in [1.82, 2.24) is 40.8 Å². The van der Waals surface area contributed by atoms with E-state index in [2.05, 4.69) is 147 Å². The van der Waals surface area contributed by atoms with Gasteiger partial charge in [0.25, 0.3) is 0 Å². The predicted molar refractivity (Wildman–Crippen MR) is 254 cm³/mol. The number of ether oxygens (including phenoxy) is 2. The fourth-order valence-electron chi connectivity index (χ4n) is 3.99. The molecule has 0 fully saturated rings. The zero-order valence-corrected chi connectivity index (χ0v) is 39.4. The van der Waals surface area contributed by atoms with Crippen molar-refractivity contribution in [3.8, 4) is 0 Å². The maximum absolute atomic E-state index is 10.4. The van der Waals surface area contributed by atoms with Crippen LogP contribution >= 0.6 is 11.9 Å². The van der Waals surface area contributed by atoms with E-state index < -0.39 is 0 Å². The van der Waals surface area contributed by atoms with E-state index in [0.29, 0.717) is 59.7 Å². The SMILES string of the molecule is C.C=C1CN=C(C(C)C)O1.C=C1N=C(C(C)C)NO1.C=C1N=C(C(C)C)NO1.C=C1N=C(C(C)C)NS1.CC(C)C1=NCC(=O)O1.CC(C)c1cnc[nH]1.CC(C)c1ncn[nH]1. The fourth-order valence-corrected chi connectivity index (χ4v) is 4.64. The first-order chi connectivity index (χ1) is 28.6. The Hall–Kier alpha value is -5.72. The van der Waals surface area contributed by atoms with Gasteiger partial charge in [-0.3, -0.25) is 5.10 Å². The first-order valence-electron chi connectivity index (χ1n) is 20.2. The van der Waals surface area contributed by atoms with Crippen LogP contribution in [0.2, 0.25) is 0 Å². The summed E-state index contributed by atoms with van der Waals surface area (Å²) in [6, 6.07) is 0. The van der Waals surface area contributed by atoms with Gasteiger partial charge in [0, 0.05) is 59.3 Å². The number of H-pyrrole nitrogens is 2. The van der Waals surface area contributed by atoms with Crippen LogP contribution in [-0.4, -0.2) is 73.5 Å². The molecule has 7 heterocycles. The number of amidine groups is 3. The van der Waals surface area contributed by atoms with Crippen molar-refractivity contribution in [2.75, 3.05) is 13.1 Å². The summed E-state index contributed by atoms with van der Waals surface area (Å²) in [4.78, 5) is 50.9. The van der Waals surface area contributed by atoms with Gasteiger partial charge in [0.05, 0.1) is 6.33 Å². The maximum Gasteiger partial charge on any atom is 0.334 e. The Kier molecular flexibility index (Phi) is 26.8. The third-order valence-electron chi connectivity index (χ3n) is 7.55. The predicted octanol–water partition coefficient (Wildman–Crippen LogP) is 9.14. The van der Waals surface area contributed by atoms with E-state index in [9.17, 15) is 4.79 Å². The lowest BCUT2D eigenvalue weighted by atomic mass is 10.2. The summed E-state index contributed by atoms with van der Waals surface area (Å²) >= 11 is 1.49. The van der Waals surface area contributed by atoms with Crippen molar-refractivity contribution in [2.24, 2.45) is 54.6 Å². The Morgan fingerprint density at radius 2 is 1.16 bits per heavy atom. The van der Waals surface area contributed by atoms with Gasteiger partial charge in [-0.25, -0.2) is 40.7 Å². The van der Waals surface area contributed by atoms with Gasteiger partial charge in [0.15, 0.2) is 11.8 Å². The van der Waals surface area contributed by atoms with Crippen LogP contribution in [0.5, 0.6) is 0 Å². The number of cyclic esters (lactones) is 1. The second-order valence-corrected chi connectivity index (χ2v) is 16.5. The van der Waals surface area contributed by atoms with Gasteiger partial charge in [0.1, 0.15) is 53.5 Å². The second kappa shape index (κ2) is 29.5. The van der Waals surface area contributed by atoms with Crippen LogP contribution in [0, 0.1) is 29.6 Å². The van der Waals surface area contributed by atoms with Crippen LogP contribution in [0.3, 0.4) is 0 Å². The first-order valence-corrected chi connectivity index (χ1v) is 21.0. The first kappa shape index (κ1) is 56.3. The molecule has 346 valence electrons. The van der Waals surface area contributed by atoms with Gasteiger partial charge in [0.2, 0.25) is 11.8 Å². The summed E-state index contributed by atoms with van der Waals surface area (Å²) in [6.45, 7) is 44.0. The third kappa shape index (κ3) is 23.3. The van der Waals surface area contributed by atoms with E-state index in [1.807, 2.05) is 47.7 Å². The molecule has 0 aliphatic carbocycles. The lowest BCUT2D eigenvalue weighted by Gasteiger charge is -2.02. The molecule has 2 aromatic rings. The number of hydrogen-bond donors (Lipinski definition) is 5. The maximum atomic E-state index is 10.4. The number of carbonyl (C=O) groups excluding carboxylic acids is 1. The number of imidazole rings is 1. The molecule has 62 heavy (non-hydrogen) atoms. The van der Waals surface area contributed by atoms with Crippen LogP contribution < -0.4 is 15.7 Å². The van der Waals surface area contributed by atoms with Gasteiger partial charge in [-0.2, -0.15) is 15.1 Å². The fraction of sp³-hybridized carbons (Fsp3) is 0.558. The summed E-state index contributed by atoms with van der Waals surface area (Å²) in [5.74, 6) is 9.37. The minimum Gasteiger partial charge on any atom is -0.446 e. The highest BCUT2D eigenvalue weighted by Gasteiger charge is 2.18. The van der Waals surface area contributed by atoms with E-state index in [1.165, 1.54) is 24.0 Å². The molecule has 0 spiro atoms. The van der Waals surface area contributed by atoms with E-state index in [1.54, 1.807) is 6.33 Å². The Balaban J connectivity index is 0.000000699. The Bertz CT molecular complexity index is 1670. The summed E-state index contributed by atoms with van der Waals surface area (Å²) in [5.41, 5.74) is 6.51. The highest BCUT2D eigenvalue weighted by molar-refractivity contribution is 8.02. The number of rotatable bonds is 7. The molecule has 2 aromatic heterocycles. The van der Waals surface area contributed by atoms with Gasteiger partial charge < -0.3 is 28.9 Å². The highest BCUT2D eigenvalue weighted by Crippen LogP contribution is 2.19. The van der Waals surface area contributed by atoms with E-state index in [4.69, 9.17) is 19.1 Å².